The molecule has 2 atom stereocenters. The van der Waals surface area contributed by atoms with Crippen molar-refractivity contribution >= 4 is 28.1 Å². The predicted molar refractivity (Wildman–Crippen MR) is 115 cm³/mol. The number of aliphatic hydroxyl groups is 1. The third-order valence-electron chi connectivity index (χ3n) is 5.20. The van der Waals surface area contributed by atoms with Gasteiger partial charge in [0, 0.05) is 18.5 Å². The van der Waals surface area contributed by atoms with Crippen LogP contribution < -0.4 is 4.90 Å². The molecule has 0 amide bonds. The Morgan fingerprint density at radius 1 is 1.20 bits per heavy atom. The Balaban J connectivity index is 1.80. The summed E-state index contributed by atoms with van der Waals surface area (Å²) < 4.78 is 22.4. The van der Waals surface area contributed by atoms with Crippen molar-refractivity contribution < 1.29 is 13.9 Å². The number of nitrogens with zero attached hydrogens (tertiary/aromatic N) is 6. The minimum Gasteiger partial charge on any atom is -0.391 e. The maximum atomic E-state index is 11.3. The van der Waals surface area contributed by atoms with Crippen molar-refractivity contribution in [2.24, 2.45) is 0 Å². The fourth-order valence-corrected chi connectivity index (χ4v) is 4.13. The summed E-state index contributed by atoms with van der Waals surface area (Å²) in [5.41, 5.74) is 2.62. The van der Waals surface area contributed by atoms with Crippen molar-refractivity contribution in [1.29, 1.82) is 0 Å². The van der Waals surface area contributed by atoms with Crippen molar-refractivity contribution in [2.45, 2.75) is 51.0 Å². The molecule has 9 nitrogen and oxygen atoms in total. The summed E-state index contributed by atoms with van der Waals surface area (Å²) in [5, 5.41) is 18.7. The Kier molecular flexibility index (Phi) is 5.56. The van der Waals surface area contributed by atoms with Gasteiger partial charge in [-0.25, -0.2) is 18.9 Å². The van der Waals surface area contributed by atoms with Crippen LogP contribution in [0.1, 0.15) is 44.1 Å². The van der Waals surface area contributed by atoms with Gasteiger partial charge in [-0.2, -0.15) is 0 Å². The Bertz CT molecular complexity index is 1090. The summed E-state index contributed by atoms with van der Waals surface area (Å²) in [7, 11) is 0. The Morgan fingerprint density at radius 3 is 2.57 bits per heavy atom. The van der Waals surface area contributed by atoms with E-state index in [4.69, 9.17) is 9.97 Å². The van der Waals surface area contributed by atoms with Crippen LogP contribution in [-0.2, 0) is 28.8 Å². The van der Waals surface area contributed by atoms with Gasteiger partial charge >= 0.3 is 0 Å². The number of hydrogen-bond acceptors (Lipinski definition) is 7. The first-order valence-electron chi connectivity index (χ1n) is 9.91. The molecule has 30 heavy (non-hydrogen) atoms. The van der Waals surface area contributed by atoms with Crippen LogP contribution in [0.15, 0.2) is 24.3 Å². The number of anilines is 1. The lowest BCUT2D eigenvalue weighted by molar-refractivity contribution is 0.198. The summed E-state index contributed by atoms with van der Waals surface area (Å²) in [6.45, 7) is 7.75. The lowest BCUT2D eigenvalue weighted by Crippen LogP contribution is -2.25. The van der Waals surface area contributed by atoms with Gasteiger partial charge in [-0.1, -0.05) is 50.3 Å². The molecule has 1 aromatic carbocycles. The van der Waals surface area contributed by atoms with E-state index >= 15 is 0 Å². The maximum absolute atomic E-state index is 11.3. The van der Waals surface area contributed by atoms with E-state index in [1.807, 2.05) is 29.2 Å². The van der Waals surface area contributed by atoms with Crippen molar-refractivity contribution in [3.63, 3.8) is 0 Å². The molecular formula is C20H26N6O3S. The second-order valence-corrected chi connectivity index (χ2v) is 9.59. The molecule has 2 N–H and O–H groups in total. The zero-order valence-corrected chi connectivity index (χ0v) is 18.1. The minimum absolute atomic E-state index is 0.0575. The largest absolute Gasteiger partial charge is 0.391 e. The number of aromatic nitrogens is 5. The summed E-state index contributed by atoms with van der Waals surface area (Å²) in [6, 6.07) is 7.50. The van der Waals surface area contributed by atoms with Gasteiger partial charge in [-0.05, 0) is 17.5 Å². The van der Waals surface area contributed by atoms with Gasteiger partial charge in [0.25, 0.3) is 0 Å². The van der Waals surface area contributed by atoms with Crippen LogP contribution in [0.5, 0.6) is 0 Å². The molecule has 10 heteroatoms. The molecule has 0 bridgehead atoms. The first-order valence-corrected chi connectivity index (χ1v) is 11.2. The highest BCUT2D eigenvalue weighted by molar-refractivity contribution is 7.78. The highest BCUT2D eigenvalue weighted by Crippen LogP contribution is 2.29. The van der Waals surface area contributed by atoms with Gasteiger partial charge in [-0.3, -0.25) is 0 Å². The lowest BCUT2D eigenvalue weighted by Gasteiger charge is -2.22. The molecule has 1 aliphatic rings. The van der Waals surface area contributed by atoms with Crippen LogP contribution in [0.3, 0.4) is 0 Å². The Labute approximate surface area is 177 Å². The van der Waals surface area contributed by atoms with Gasteiger partial charge in [0.1, 0.15) is 5.82 Å². The quantitative estimate of drug-likeness (QED) is 0.589. The molecule has 0 spiro atoms. The van der Waals surface area contributed by atoms with Crippen molar-refractivity contribution in [2.75, 3.05) is 18.0 Å². The van der Waals surface area contributed by atoms with E-state index in [0.29, 0.717) is 48.9 Å². The van der Waals surface area contributed by atoms with E-state index in [1.165, 1.54) is 0 Å². The zero-order valence-electron chi connectivity index (χ0n) is 17.3. The minimum atomic E-state index is -1.93. The molecule has 0 radical (unpaired) electrons. The highest BCUT2D eigenvalue weighted by atomic mass is 32.2. The third-order valence-corrected chi connectivity index (χ3v) is 5.75. The lowest BCUT2D eigenvalue weighted by atomic mass is 9.96. The third kappa shape index (κ3) is 4.21. The number of benzene rings is 1. The molecule has 4 rings (SSSR count). The summed E-state index contributed by atoms with van der Waals surface area (Å²) in [6.07, 6.45) is 0.310. The van der Waals surface area contributed by atoms with Crippen LogP contribution in [0.2, 0.25) is 0 Å². The van der Waals surface area contributed by atoms with Gasteiger partial charge in [0.05, 0.1) is 18.4 Å². The first kappa shape index (κ1) is 20.8. The molecule has 1 aliphatic heterocycles. The van der Waals surface area contributed by atoms with E-state index in [-0.39, 0.29) is 17.3 Å². The highest BCUT2D eigenvalue weighted by Gasteiger charge is 2.28. The van der Waals surface area contributed by atoms with E-state index in [1.54, 1.807) is 4.68 Å². The molecule has 1 fully saturated rings. The van der Waals surface area contributed by atoms with Gasteiger partial charge < -0.3 is 14.6 Å². The van der Waals surface area contributed by atoms with Gasteiger partial charge in [0.2, 0.25) is 0 Å². The molecule has 0 saturated carbocycles. The van der Waals surface area contributed by atoms with Crippen molar-refractivity contribution in [3.8, 4) is 0 Å². The summed E-state index contributed by atoms with van der Waals surface area (Å²) >= 11 is -1.93. The molecule has 160 valence electrons. The fraction of sp³-hybridized carbons (Fsp3) is 0.500. The topological polar surface area (TPSA) is 117 Å². The van der Waals surface area contributed by atoms with Crippen molar-refractivity contribution in [3.05, 3.63) is 41.2 Å². The standard InChI is InChI=1S/C20H26N6O3S/c1-20(2,3)19-21-17(25-9-8-15(27)11-25)16-18(22-19)26(24-23-16)10-13-6-4-5-7-14(13)12-30(28)29/h4-7,15,27H,8-12H2,1-3H3,(H,28,29)/t15-/m0/s1. The molecule has 2 aromatic heterocycles. The van der Waals surface area contributed by atoms with E-state index in [0.717, 1.165) is 11.1 Å². The monoisotopic (exact) mass is 430 g/mol. The van der Waals surface area contributed by atoms with E-state index in [2.05, 4.69) is 31.1 Å². The summed E-state index contributed by atoms with van der Waals surface area (Å²) in [4.78, 5) is 11.6. The van der Waals surface area contributed by atoms with Gasteiger partial charge in [-0.15, -0.1) is 5.10 Å². The zero-order chi connectivity index (χ0) is 21.5. The molecule has 1 saturated heterocycles. The number of fused-ring (bicyclic) bond motifs is 1. The van der Waals surface area contributed by atoms with Crippen LogP contribution in [0.4, 0.5) is 5.82 Å². The second kappa shape index (κ2) is 8.01. The van der Waals surface area contributed by atoms with Crippen LogP contribution in [-0.4, -0.2) is 58.0 Å². The van der Waals surface area contributed by atoms with E-state index < -0.39 is 11.1 Å². The average Bonchev–Trinajstić information content (AvgIpc) is 3.28. The predicted octanol–water partition coefficient (Wildman–Crippen LogP) is 1.86. The number of β-amino-alcohol motifs (C(OH)–C–C–N with tert-alkyl or cyclic N) is 1. The Hall–Kier alpha value is -2.43. The van der Waals surface area contributed by atoms with Crippen LogP contribution in [0, 0.1) is 0 Å². The van der Waals surface area contributed by atoms with Crippen molar-refractivity contribution in [1.82, 2.24) is 25.0 Å². The Morgan fingerprint density at radius 2 is 1.93 bits per heavy atom. The van der Waals surface area contributed by atoms with Gasteiger partial charge in [0.15, 0.2) is 28.1 Å². The summed E-state index contributed by atoms with van der Waals surface area (Å²) in [5.74, 6) is 1.43. The van der Waals surface area contributed by atoms with E-state index in [9.17, 15) is 13.9 Å². The molecule has 1 unspecified atom stereocenters. The van der Waals surface area contributed by atoms with Crippen LogP contribution in [0.25, 0.3) is 11.2 Å². The number of rotatable bonds is 5. The van der Waals surface area contributed by atoms with Crippen LogP contribution >= 0.6 is 0 Å². The average molecular weight is 431 g/mol. The second-order valence-electron chi connectivity index (χ2n) is 8.66. The maximum Gasteiger partial charge on any atom is 0.184 e. The normalized spacial score (nSPS) is 18.3. The number of hydrogen-bond donors (Lipinski definition) is 2. The molecule has 0 aliphatic carbocycles. The first-order chi connectivity index (χ1) is 14.2. The molecule has 3 aromatic rings. The fourth-order valence-electron chi connectivity index (χ4n) is 3.59. The smallest absolute Gasteiger partial charge is 0.184 e. The SMILES string of the molecule is CC(C)(C)c1nc(N2CC[C@H](O)C2)c2nnn(Cc3ccccc3CS(=O)O)c2n1. The molecule has 3 heterocycles. The number of aliphatic hydroxyl groups excluding tert-OH is 1. The molecular weight excluding hydrogens is 404 g/mol.